The van der Waals surface area contributed by atoms with E-state index >= 15 is 0 Å². The van der Waals surface area contributed by atoms with E-state index in [-0.39, 0.29) is 5.92 Å². The van der Waals surface area contributed by atoms with E-state index < -0.39 is 29.5 Å². The van der Waals surface area contributed by atoms with Gasteiger partial charge < -0.3 is 10.4 Å². The van der Waals surface area contributed by atoms with Crippen LogP contribution in [-0.2, 0) is 9.59 Å². The van der Waals surface area contributed by atoms with Crippen LogP contribution in [0.15, 0.2) is 29.1 Å². The van der Waals surface area contributed by atoms with Gasteiger partial charge in [0, 0.05) is 0 Å². The minimum atomic E-state index is -1.15. The Hall–Kier alpha value is -2.77. The van der Waals surface area contributed by atoms with E-state index in [2.05, 4.69) is 15.6 Å². The number of aromatic nitrogens is 3. The van der Waals surface area contributed by atoms with Crippen molar-refractivity contribution in [2.24, 2.45) is 5.92 Å². The monoisotopic (exact) mass is 318 g/mol. The van der Waals surface area contributed by atoms with Crippen LogP contribution in [0.3, 0.4) is 0 Å². The molecule has 0 aliphatic rings. The van der Waals surface area contributed by atoms with Crippen LogP contribution in [0.5, 0.6) is 0 Å². The van der Waals surface area contributed by atoms with E-state index in [9.17, 15) is 14.4 Å². The molecule has 0 saturated heterocycles. The highest BCUT2D eigenvalue weighted by atomic mass is 16.4. The van der Waals surface area contributed by atoms with Crippen molar-refractivity contribution in [1.82, 2.24) is 20.3 Å². The number of benzene rings is 1. The number of hydrogen-bond acceptors (Lipinski definition) is 5. The van der Waals surface area contributed by atoms with E-state index in [1.165, 1.54) is 6.92 Å². The number of carboxylic acid groups (broad SMARTS) is 1. The zero-order valence-electron chi connectivity index (χ0n) is 13.1. The van der Waals surface area contributed by atoms with Gasteiger partial charge in [0.15, 0.2) is 0 Å². The van der Waals surface area contributed by atoms with Crippen molar-refractivity contribution in [3.05, 3.63) is 34.6 Å². The molecule has 1 aromatic heterocycles. The average molecular weight is 318 g/mol. The second-order valence-electron chi connectivity index (χ2n) is 5.61. The minimum Gasteiger partial charge on any atom is -0.480 e. The number of carbonyl (C=O) groups is 2. The van der Waals surface area contributed by atoms with E-state index in [1.54, 1.807) is 38.1 Å². The molecule has 0 radical (unpaired) electrons. The van der Waals surface area contributed by atoms with Gasteiger partial charge in [0.1, 0.15) is 17.6 Å². The molecule has 122 valence electrons. The summed E-state index contributed by atoms with van der Waals surface area (Å²) in [6, 6.07) is 4.70. The zero-order chi connectivity index (χ0) is 17.1. The number of nitrogens with one attached hydrogen (secondary N) is 1. The van der Waals surface area contributed by atoms with Crippen LogP contribution in [0.4, 0.5) is 0 Å². The predicted molar refractivity (Wildman–Crippen MR) is 82.9 cm³/mol. The fraction of sp³-hybridized carbons (Fsp3) is 0.400. The Balaban J connectivity index is 2.46. The molecule has 2 atom stereocenters. The number of hydrogen-bond donors (Lipinski definition) is 2. The van der Waals surface area contributed by atoms with Crippen molar-refractivity contribution in [3.8, 4) is 0 Å². The molecule has 1 aromatic carbocycles. The maximum Gasteiger partial charge on any atom is 0.325 e. The Morgan fingerprint density at radius 1 is 1.22 bits per heavy atom. The molecule has 23 heavy (non-hydrogen) atoms. The van der Waals surface area contributed by atoms with E-state index in [1.807, 2.05) is 0 Å². The summed E-state index contributed by atoms with van der Waals surface area (Å²) in [7, 11) is 0. The van der Waals surface area contributed by atoms with Gasteiger partial charge in [-0.15, -0.1) is 5.10 Å². The highest BCUT2D eigenvalue weighted by Crippen LogP contribution is 2.16. The topological polar surface area (TPSA) is 114 Å². The summed E-state index contributed by atoms with van der Waals surface area (Å²) in [5.41, 5.74) is 0.00277. The van der Waals surface area contributed by atoms with E-state index in [0.29, 0.717) is 10.9 Å². The van der Waals surface area contributed by atoms with Crippen LogP contribution in [0, 0.1) is 5.92 Å². The maximum absolute atomic E-state index is 12.6. The zero-order valence-corrected chi connectivity index (χ0v) is 13.1. The van der Waals surface area contributed by atoms with Crippen molar-refractivity contribution >= 4 is 22.8 Å². The van der Waals surface area contributed by atoms with Crippen molar-refractivity contribution in [2.45, 2.75) is 32.9 Å². The fourth-order valence-electron chi connectivity index (χ4n) is 2.24. The Labute approximate surface area is 132 Å². The van der Waals surface area contributed by atoms with Crippen LogP contribution in [0.25, 0.3) is 10.9 Å². The summed E-state index contributed by atoms with van der Waals surface area (Å²) in [4.78, 5) is 35.8. The third-order valence-electron chi connectivity index (χ3n) is 3.48. The Morgan fingerprint density at radius 3 is 2.48 bits per heavy atom. The van der Waals surface area contributed by atoms with Crippen LogP contribution >= 0.6 is 0 Å². The molecule has 0 unspecified atom stereocenters. The molecular formula is C15H18N4O4. The van der Waals surface area contributed by atoms with Crippen molar-refractivity contribution in [1.29, 1.82) is 0 Å². The Bertz CT molecular complexity index is 799. The second kappa shape index (κ2) is 6.55. The first kappa shape index (κ1) is 16.6. The second-order valence-corrected chi connectivity index (χ2v) is 5.61. The lowest BCUT2D eigenvalue weighted by molar-refractivity contribution is -0.142. The standard InChI is InChI=1S/C15H18N4O4/c1-8(2)12(13(20)16-9(3)15(22)23)19-14(21)10-6-4-5-7-11(10)17-18-19/h4-9,12H,1-3H3,(H,16,20)(H,22,23)/t9-,12+/m1/s1. The van der Waals surface area contributed by atoms with Gasteiger partial charge in [0.25, 0.3) is 5.56 Å². The maximum atomic E-state index is 12.6. The molecule has 2 aromatic rings. The molecule has 0 aliphatic carbocycles. The molecular weight excluding hydrogens is 300 g/mol. The molecule has 0 saturated carbocycles. The smallest absolute Gasteiger partial charge is 0.325 e. The predicted octanol–water partition coefficient (Wildman–Crippen LogP) is 0.578. The van der Waals surface area contributed by atoms with Crippen molar-refractivity contribution < 1.29 is 14.7 Å². The summed E-state index contributed by atoms with van der Waals surface area (Å²) in [6.45, 7) is 4.85. The lowest BCUT2D eigenvalue weighted by atomic mass is 10.0. The fourth-order valence-corrected chi connectivity index (χ4v) is 2.24. The van der Waals surface area contributed by atoms with Crippen LogP contribution < -0.4 is 10.9 Å². The van der Waals surface area contributed by atoms with Gasteiger partial charge in [-0.2, -0.15) is 4.68 Å². The summed E-state index contributed by atoms with van der Waals surface area (Å²) in [5, 5.41) is 19.4. The molecule has 8 heteroatoms. The number of carbonyl (C=O) groups excluding carboxylic acids is 1. The van der Waals surface area contributed by atoms with Gasteiger partial charge in [-0.1, -0.05) is 31.2 Å². The van der Waals surface area contributed by atoms with E-state index in [4.69, 9.17) is 5.11 Å². The minimum absolute atomic E-state index is 0.274. The van der Waals surface area contributed by atoms with Crippen molar-refractivity contribution in [2.75, 3.05) is 0 Å². The summed E-state index contributed by atoms with van der Waals surface area (Å²) in [5.74, 6) is -2.01. The van der Waals surface area contributed by atoms with Gasteiger partial charge >= 0.3 is 5.97 Å². The van der Waals surface area contributed by atoms with E-state index in [0.717, 1.165) is 4.68 Å². The first-order chi connectivity index (χ1) is 10.8. The van der Waals surface area contributed by atoms with Crippen LogP contribution in [0.2, 0.25) is 0 Å². The number of fused-ring (bicyclic) bond motifs is 1. The third kappa shape index (κ3) is 3.36. The molecule has 0 spiro atoms. The SMILES string of the molecule is CC(C)[C@@H](C(=O)N[C@H](C)C(=O)O)n1nnc2ccccc2c1=O. The number of aliphatic carboxylic acids is 1. The molecule has 2 rings (SSSR count). The number of rotatable bonds is 5. The molecule has 0 fully saturated rings. The first-order valence-corrected chi connectivity index (χ1v) is 7.20. The summed E-state index contributed by atoms with van der Waals surface area (Å²) < 4.78 is 1.01. The van der Waals surface area contributed by atoms with Crippen LogP contribution in [-0.4, -0.2) is 38.0 Å². The van der Waals surface area contributed by atoms with Gasteiger partial charge in [-0.3, -0.25) is 14.4 Å². The number of amides is 1. The average Bonchev–Trinajstić information content (AvgIpc) is 2.49. The van der Waals surface area contributed by atoms with Gasteiger partial charge in [0.2, 0.25) is 5.91 Å². The highest BCUT2D eigenvalue weighted by Gasteiger charge is 2.29. The lowest BCUT2D eigenvalue weighted by Crippen LogP contribution is -2.46. The van der Waals surface area contributed by atoms with Crippen molar-refractivity contribution in [3.63, 3.8) is 0 Å². The third-order valence-corrected chi connectivity index (χ3v) is 3.48. The molecule has 8 nitrogen and oxygen atoms in total. The molecule has 1 heterocycles. The Morgan fingerprint density at radius 2 is 1.87 bits per heavy atom. The van der Waals surface area contributed by atoms with Gasteiger partial charge in [-0.25, -0.2) is 0 Å². The first-order valence-electron chi connectivity index (χ1n) is 7.20. The van der Waals surface area contributed by atoms with Gasteiger partial charge in [-0.05, 0) is 25.0 Å². The Kier molecular flexibility index (Phi) is 4.73. The number of nitrogens with zero attached hydrogens (tertiary/aromatic N) is 3. The van der Waals surface area contributed by atoms with Gasteiger partial charge in [0.05, 0.1) is 5.39 Å². The lowest BCUT2D eigenvalue weighted by Gasteiger charge is -2.22. The molecule has 1 amide bonds. The normalized spacial score (nSPS) is 13.7. The largest absolute Gasteiger partial charge is 0.480 e. The summed E-state index contributed by atoms with van der Waals surface area (Å²) >= 11 is 0. The highest BCUT2D eigenvalue weighted by molar-refractivity contribution is 5.86. The number of carboxylic acids is 1. The molecule has 0 bridgehead atoms. The molecule has 0 aliphatic heterocycles. The van der Waals surface area contributed by atoms with Crippen LogP contribution in [0.1, 0.15) is 26.8 Å². The molecule has 2 N–H and O–H groups in total. The quantitative estimate of drug-likeness (QED) is 0.833. The summed E-state index contributed by atoms with van der Waals surface area (Å²) in [6.07, 6.45) is 0.